The largest absolute Gasteiger partial charge is 0.417 e. The fraction of sp³-hybridized carbons (Fsp3) is 0.143. The molecule has 30 heavy (non-hydrogen) atoms. The van der Waals surface area contributed by atoms with Gasteiger partial charge in [0.2, 0.25) is 0 Å². The molecule has 0 aliphatic heterocycles. The summed E-state index contributed by atoms with van der Waals surface area (Å²) in [6.45, 7) is 3.64. The molecule has 0 bridgehead atoms. The van der Waals surface area contributed by atoms with Crippen LogP contribution in [-0.2, 0) is 6.18 Å². The number of benzene rings is 1. The minimum atomic E-state index is -4.52. The van der Waals surface area contributed by atoms with E-state index in [1.165, 1.54) is 41.2 Å². The van der Waals surface area contributed by atoms with Crippen LogP contribution in [0.5, 0.6) is 0 Å². The number of amides is 1. The van der Waals surface area contributed by atoms with Crippen LogP contribution in [0.15, 0.2) is 54.9 Å². The lowest BCUT2D eigenvalue weighted by molar-refractivity contribution is -0.137. The Morgan fingerprint density at radius 1 is 1.07 bits per heavy atom. The van der Waals surface area contributed by atoms with E-state index in [1.807, 2.05) is 13.0 Å². The normalized spacial score (nSPS) is 11.6. The number of nitrogens with zero attached hydrogens (tertiary/aromatic N) is 4. The van der Waals surface area contributed by atoms with E-state index in [0.29, 0.717) is 5.69 Å². The van der Waals surface area contributed by atoms with Crippen LogP contribution in [0.3, 0.4) is 0 Å². The molecule has 1 aromatic carbocycles. The first-order valence-electron chi connectivity index (χ1n) is 9.00. The standard InChI is InChI=1S/C21H16F3N5O/c1-12-9-13(2)26-17(10-12)20(30)28-18-11-25-29-8-7-16(27-19(18)29)14-5-3-4-6-15(14)21(22,23)24/h3-11H,1-2H3,(H,28,30). The summed E-state index contributed by atoms with van der Waals surface area (Å²) in [5.41, 5.74) is 1.59. The Balaban J connectivity index is 1.74. The molecule has 9 heteroatoms. The van der Waals surface area contributed by atoms with Crippen LogP contribution in [-0.4, -0.2) is 25.5 Å². The van der Waals surface area contributed by atoms with Crippen molar-refractivity contribution in [2.75, 3.05) is 5.32 Å². The Bertz CT molecular complexity index is 1240. The fourth-order valence-electron chi connectivity index (χ4n) is 3.20. The van der Waals surface area contributed by atoms with E-state index < -0.39 is 17.6 Å². The van der Waals surface area contributed by atoms with E-state index in [9.17, 15) is 18.0 Å². The van der Waals surface area contributed by atoms with Crippen molar-refractivity contribution >= 4 is 17.2 Å². The van der Waals surface area contributed by atoms with Crippen molar-refractivity contribution in [2.45, 2.75) is 20.0 Å². The average Bonchev–Trinajstić information content (AvgIpc) is 3.08. The molecule has 3 aromatic heterocycles. The molecule has 0 aliphatic rings. The van der Waals surface area contributed by atoms with Gasteiger partial charge in [-0.25, -0.2) is 14.5 Å². The number of hydrogen-bond acceptors (Lipinski definition) is 4. The molecule has 0 unspecified atom stereocenters. The number of carbonyl (C=O) groups is 1. The van der Waals surface area contributed by atoms with Crippen LogP contribution in [0.2, 0.25) is 0 Å². The Morgan fingerprint density at radius 2 is 1.83 bits per heavy atom. The third-order valence-electron chi connectivity index (χ3n) is 4.46. The van der Waals surface area contributed by atoms with E-state index >= 15 is 0 Å². The first kappa shape index (κ1) is 19.6. The number of nitrogens with one attached hydrogen (secondary N) is 1. The molecule has 0 saturated heterocycles. The first-order valence-corrected chi connectivity index (χ1v) is 9.00. The van der Waals surface area contributed by atoms with Gasteiger partial charge < -0.3 is 5.32 Å². The van der Waals surface area contributed by atoms with E-state index in [0.717, 1.165) is 11.6 Å². The second-order valence-electron chi connectivity index (χ2n) is 6.81. The van der Waals surface area contributed by atoms with Gasteiger partial charge >= 0.3 is 6.18 Å². The molecule has 0 spiro atoms. The van der Waals surface area contributed by atoms with Gasteiger partial charge in [0, 0.05) is 17.5 Å². The topological polar surface area (TPSA) is 72.2 Å². The molecule has 0 radical (unpaired) electrons. The van der Waals surface area contributed by atoms with Gasteiger partial charge in [-0.2, -0.15) is 18.3 Å². The van der Waals surface area contributed by atoms with Crippen LogP contribution in [0.1, 0.15) is 27.3 Å². The first-order chi connectivity index (χ1) is 14.2. The van der Waals surface area contributed by atoms with E-state index in [4.69, 9.17) is 0 Å². The van der Waals surface area contributed by atoms with Gasteiger partial charge in [-0.05, 0) is 43.7 Å². The van der Waals surface area contributed by atoms with Gasteiger partial charge in [0.15, 0.2) is 5.65 Å². The number of aromatic nitrogens is 4. The van der Waals surface area contributed by atoms with E-state index in [-0.39, 0.29) is 28.3 Å². The molecular formula is C21H16F3N5O. The van der Waals surface area contributed by atoms with Crippen LogP contribution in [0, 0.1) is 13.8 Å². The summed E-state index contributed by atoms with van der Waals surface area (Å²) in [5.74, 6) is -0.459. The van der Waals surface area contributed by atoms with Gasteiger partial charge in [0.25, 0.3) is 5.91 Å². The van der Waals surface area contributed by atoms with Gasteiger partial charge in [-0.15, -0.1) is 0 Å². The number of carbonyl (C=O) groups excluding carboxylic acids is 1. The van der Waals surface area contributed by atoms with Crippen molar-refractivity contribution in [1.29, 1.82) is 0 Å². The quantitative estimate of drug-likeness (QED) is 0.531. The minimum absolute atomic E-state index is 0.0537. The van der Waals surface area contributed by atoms with E-state index in [2.05, 4.69) is 20.4 Å². The minimum Gasteiger partial charge on any atom is -0.316 e. The van der Waals surface area contributed by atoms with Gasteiger partial charge in [0.05, 0.1) is 17.5 Å². The molecule has 0 fully saturated rings. The monoisotopic (exact) mass is 411 g/mol. The molecule has 0 saturated carbocycles. The third-order valence-corrected chi connectivity index (χ3v) is 4.46. The Labute approximate surface area is 169 Å². The van der Waals surface area contributed by atoms with Crippen molar-refractivity contribution in [2.24, 2.45) is 0 Å². The second kappa shape index (κ2) is 7.25. The summed E-state index contributed by atoms with van der Waals surface area (Å²) in [5, 5.41) is 6.79. The fourth-order valence-corrected chi connectivity index (χ4v) is 3.20. The Hall–Kier alpha value is -3.75. The van der Waals surface area contributed by atoms with Crippen LogP contribution in [0.4, 0.5) is 18.9 Å². The van der Waals surface area contributed by atoms with Gasteiger partial charge in [-0.3, -0.25) is 4.79 Å². The SMILES string of the molecule is Cc1cc(C)nc(C(=O)Nc2cnn3ccc(-c4ccccc4C(F)(F)F)nc23)c1. The van der Waals surface area contributed by atoms with Crippen molar-refractivity contribution in [3.8, 4) is 11.3 Å². The number of pyridine rings is 1. The lowest BCUT2D eigenvalue weighted by atomic mass is 10.0. The highest BCUT2D eigenvalue weighted by atomic mass is 19.4. The highest BCUT2D eigenvalue weighted by Gasteiger charge is 2.33. The molecule has 0 aliphatic carbocycles. The second-order valence-corrected chi connectivity index (χ2v) is 6.81. The molecule has 3 heterocycles. The lowest BCUT2D eigenvalue weighted by Crippen LogP contribution is -2.14. The van der Waals surface area contributed by atoms with Crippen LogP contribution < -0.4 is 5.32 Å². The van der Waals surface area contributed by atoms with Crippen molar-refractivity contribution < 1.29 is 18.0 Å². The van der Waals surface area contributed by atoms with Gasteiger partial charge in [-0.1, -0.05) is 18.2 Å². The zero-order valence-electron chi connectivity index (χ0n) is 16.0. The molecular weight excluding hydrogens is 395 g/mol. The molecule has 1 amide bonds. The average molecular weight is 411 g/mol. The highest BCUT2D eigenvalue weighted by Crippen LogP contribution is 2.36. The molecule has 4 aromatic rings. The smallest absolute Gasteiger partial charge is 0.316 e. The van der Waals surface area contributed by atoms with Crippen LogP contribution >= 0.6 is 0 Å². The van der Waals surface area contributed by atoms with Gasteiger partial charge in [0.1, 0.15) is 11.4 Å². The maximum absolute atomic E-state index is 13.4. The molecule has 1 N–H and O–H groups in total. The highest BCUT2D eigenvalue weighted by molar-refractivity contribution is 6.04. The molecule has 0 atom stereocenters. The Kier molecular flexibility index (Phi) is 4.73. The number of hydrogen-bond donors (Lipinski definition) is 1. The van der Waals surface area contributed by atoms with Crippen molar-refractivity contribution in [3.63, 3.8) is 0 Å². The Morgan fingerprint density at radius 3 is 2.57 bits per heavy atom. The maximum Gasteiger partial charge on any atom is 0.417 e. The van der Waals surface area contributed by atoms with E-state index in [1.54, 1.807) is 13.0 Å². The predicted molar refractivity (Wildman–Crippen MR) is 105 cm³/mol. The summed E-state index contributed by atoms with van der Waals surface area (Å²) >= 11 is 0. The number of anilines is 1. The number of halogens is 3. The zero-order chi connectivity index (χ0) is 21.5. The number of rotatable bonds is 3. The predicted octanol–water partition coefficient (Wildman–Crippen LogP) is 4.68. The number of alkyl halides is 3. The summed E-state index contributed by atoms with van der Waals surface area (Å²) < 4.78 is 41.5. The molecule has 152 valence electrons. The number of aryl methyl sites for hydroxylation is 2. The summed E-state index contributed by atoms with van der Waals surface area (Å²) in [7, 11) is 0. The summed E-state index contributed by atoms with van der Waals surface area (Å²) in [6.07, 6.45) is -1.63. The number of fused-ring (bicyclic) bond motifs is 1. The maximum atomic E-state index is 13.4. The summed E-state index contributed by atoms with van der Waals surface area (Å²) in [4.78, 5) is 21.2. The zero-order valence-corrected chi connectivity index (χ0v) is 16.0. The molecule has 6 nitrogen and oxygen atoms in total. The lowest BCUT2D eigenvalue weighted by Gasteiger charge is -2.12. The van der Waals surface area contributed by atoms with Crippen LogP contribution in [0.25, 0.3) is 16.9 Å². The van der Waals surface area contributed by atoms with Crippen molar-refractivity contribution in [1.82, 2.24) is 19.6 Å². The van der Waals surface area contributed by atoms with Crippen molar-refractivity contribution in [3.05, 3.63) is 77.4 Å². The summed E-state index contributed by atoms with van der Waals surface area (Å²) in [6, 6.07) is 10.1. The third kappa shape index (κ3) is 3.73. The molecule has 4 rings (SSSR count).